The Morgan fingerprint density at radius 2 is 1.94 bits per heavy atom. The van der Waals surface area contributed by atoms with Crippen molar-refractivity contribution in [2.24, 2.45) is 11.7 Å². The lowest BCUT2D eigenvalue weighted by Crippen LogP contribution is -2.39. The van der Waals surface area contributed by atoms with Crippen molar-refractivity contribution in [2.45, 2.75) is 37.8 Å². The first-order valence-electron chi connectivity index (χ1n) is 6.08. The van der Waals surface area contributed by atoms with Crippen molar-refractivity contribution >= 4 is 11.8 Å². The first-order valence-corrected chi connectivity index (χ1v) is 7.13. The van der Waals surface area contributed by atoms with Gasteiger partial charge in [0.25, 0.3) is 0 Å². The normalized spacial score (nSPS) is 14.9. The van der Waals surface area contributed by atoms with E-state index in [1.54, 1.807) is 11.8 Å². The van der Waals surface area contributed by atoms with E-state index in [2.05, 4.69) is 39.0 Å². The fourth-order valence-corrected chi connectivity index (χ4v) is 3.04. The first kappa shape index (κ1) is 14.6. The highest BCUT2D eigenvalue weighted by atomic mass is 32.2. The molecule has 0 aliphatic heterocycles. The zero-order valence-electron chi connectivity index (χ0n) is 10.9. The molecular formula is C14H23NOS. The molecule has 2 unspecified atom stereocenters. The van der Waals surface area contributed by atoms with Crippen LogP contribution in [0.1, 0.15) is 25.0 Å². The van der Waals surface area contributed by atoms with Crippen molar-refractivity contribution in [3.63, 3.8) is 0 Å². The highest BCUT2D eigenvalue weighted by Gasteiger charge is 2.20. The summed E-state index contributed by atoms with van der Waals surface area (Å²) in [5, 5.41) is 9.51. The smallest absolute Gasteiger partial charge is 0.0565 e. The van der Waals surface area contributed by atoms with E-state index >= 15 is 0 Å². The molecule has 1 rings (SSSR count). The molecule has 0 aliphatic carbocycles. The molecule has 0 radical (unpaired) electrons. The van der Waals surface area contributed by atoms with Crippen molar-refractivity contribution in [3.8, 4) is 0 Å². The van der Waals surface area contributed by atoms with E-state index in [1.165, 1.54) is 11.1 Å². The van der Waals surface area contributed by atoms with Gasteiger partial charge in [-0.25, -0.2) is 0 Å². The first-order chi connectivity index (χ1) is 8.06. The number of benzene rings is 1. The summed E-state index contributed by atoms with van der Waals surface area (Å²) >= 11 is 1.75. The van der Waals surface area contributed by atoms with Crippen LogP contribution in [0.25, 0.3) is 0 Å². The van der Waals surface area contributed by atoms with E-state index in [0.717, 1.165) is 5.75 Å². The van der Waals surface area contributed by atoms with Crippen molar-refractivity contribution in [1.82, 2.24) is 0 Å². The molecule has 17 heavy (non-hydrogen) atoms. The molecule has 0 saturated heterocycles. The van der Waals surface area contributed by atoms with Crippen molar-refractivity contribution in [2.75, 3.05) is 6.61 Å². The van der Waals surface area contributed by atoms with Gasteiger partial charge in [0.05, 0.1) is 6.61 Å². The summed E-state index contributed by atoms with van der Waals surface area (Å²) in [4.78, 5) is 0. The van der Waals surface area contributed by atoms with Crippen LogP contribution in [0.3, 0.4) is 0 Å². The maximum Gasteiger partial charge on any atom is 0.0565 e. The number of hydrogen-bond donors (Lipinski definition) is 2. The van der Waals surface area contributed by atoms with Crippen LogP contribution in [0.2, 0.25) is 0 Å². The minimum atomic E-state index is 0.0500. The summed E-state index contributed by atoms with van der Waals surface area (Å²) in [6, 6.07) is 8.41. The largest absolute Gasteiger partial charge is 0.395 e. The number of thioether (sulfide) groups is 1. The van der Waals surface area contributed by atoms with Gasteiger partial charge in [-0.2, -0.15) is 0 Å². The second-order valence-corrected chi connectivity index (χ2v) is 6.01. The third-order valence-corrected chi connectivity index (χ3v) is 4.46. The number of aliphatic hydroxyl groups excluding tert-OH is 1. The van der Waals surface area contributed by atoms with E-state index in [4.69, 9.17) is 5.73 Å². The van der Waals surface area contributed by atoms with Gasteiger partial charge in [0.2, 0.25) is 0 Å². The molecule has 3 heteroatoms. The SMILES string of the molecule is Cc1ccccc1CSC(CO)C(N)C(C)C. The lowest BCUT2D eigenvalue weighted by Gasteiger charge is -2.24. The molecule has 0 aromatic heterocycles. The van der Waals surface area contributed by atoms with Gasteiger partial charge in [0.1, 0.15) is 0 Å². The third kappa shape index (κ3) is 4.34. The molecule has 96 valence electrons. The molecule has 0 amide bonds. The van der Waals surface area contributed by atoms with Crippen LogP contribution < -0.4 is 5.73 Å². The monoisotopic (exact) mass is 253 g/mol. The molecule has 0 heterocycles. The Morgan fingerprint density at radius 1 is 1.29 bits per heavy atom. The maximum atomic E-state index is 9.39. The fraction of sp³-hybridized carbons (Fsp3) is 0.571. The van der Waals surface area contributed by atoms with E-state index in [-0.39, 0.29) is 17.9 Å². The lowest BCUT2D eigenvalue weighted by atomic mass is 10.0. The number of rotatable bonds is 6. The average Bonchev–Trinajstić information content (AvgIpc) is 2.31. The van der Waals surface area contributed by atoms with E-state index < -0.39 is 0 Å². The molecule has 1 aromatic rings. The highest BCUT2D eigenvalue weighted by Crippen LogP contribution is 2.23. The average molecular weight is 253 g/mol. The molecule has 1 aromatic carbocycles. The van der Waals surface area contributed by atoms with Gasteiger partial charge in [-0.3, -0.25) is 0 Å². The van der Waals surface area contributed by atoms with Crippen molar-refractivity contribution in [1.29, 1.82) is 0 Å². The predicted molar refractivity (Wildman–Crippen MR) is 76.2 cm³/mol. The van der Waals surface area contributed by atoms with Gasteiger partial charge in [0.15, 0.2) is 0 Å². The Morgan fingerprint density at radius 3 is 2.47 bits per heavy atom. The van der Waals surface area contributed by atoms with Crippen LogP contribution in [0.4, 0.5) is 0 Å². The van der Waals surface area contributed by atoms with E-state index in [0.29, 0.717) is 5.92 Å². The summed E-state index contributed by atoms with van der Waals surface area (Å²) in [6.07, 6.45) is 0. The second-order valence-electron chi connectivity index (χ2n) is 4.78. The minimum Gasteiger partial charge on any atom is -0.395 e. The van der Waals surface area contributed by atoms with Gasteiger partial charge >= 0.3 is 0 Å². The summed E-state index contributed by atoms with van der Waals surface area (Å²) in [7, 11) is 0. The Kier molecular flexibility index (Phi) is 6.03. The topological polar surface area (TPSA) is 46.2 Å². The second kappa shape index (κ2) is 7.04. The Hall–Kier alpha value is -0.510. The number of nitrogens with two attached hydrogens (primary N) is 1. The van der Waals surface area contributed by atoms with Crippen LogP contribution >= 0.6 is 11.8 Å². The summed E-state index contributed by atoms with van der Waals surface area (Å²) in [5.74, 6) is 1.31. The highest BCUT2D eigenvalue weighted by molar-refractivity contribution is 7.99. The molecule has 0 fully saturated rings. The predicted octanol–water partition coefficient (Wildman–Crippen LogP) is 2.57. The Bertz CT molecular complexity index is 341. The fourth-order valence-electron chi connectivity index (χ4n) is 1.68. The zero-order valence-corrected chi connectivity index (χ0v) is 11.7. The van der Waals surface area contributed by atoms with Crippen LogP contribution in [0.5, 0.6) is 0 Å². The van der Waals surface area contributed by atoms with Crippen LogP contribution in [0.15, 0.2) is 24.3 Å². The van der Waals surface area contributed by atoms with Crippen molar-refractivity contribution < 1.29 is 5.11 Å². The third-order valence-electron chi connectivity index (χ3n) is 3.09. The molecule has 0 spiro atoms. The van der Waals surface area contributed by atoms with Gasteiger partial charge in [-0.15, -0.1) is 11.8 Å². The maximum absolute atomic E-state index is 9.39. The lowest BCUT2D eigenvalue weighted by molar-refractivity contribution is 0.269. The van der Waals surface area contributed by atoms with Gasteiger partial charge < -0.3 is 10.8 Å². The molecule has 0 aliphatic rings. The molecule has 2 nitrogen and oxygen atoms in total. The summed E-state index contributed by atoms with van der Waals surface area (Å²) in [5.41, 5.74) is 8.72. The van der Waals surface area contributed by atoms with E-state index in [1.807, 2.05) is 6.07 Å². The molecule has 0 saturated carbocycles. The zero-order chi connectivity index (χ0) is 12.8. The Balaban J connectivity index is 2.56. The van der Waals surface area contributed by atoms with Crippen LogP contribution in [-0.2, 0) is 5.75 Å². The Labute approximate surface area is 109 Å². The molecular weight excluding hydrogens is 230 g/mol. The van der Waals surface area contributed by atoms with Gasteiger partial charge in [-0.1, -0.05) is 38.1 Å². The quantitative estimate of drug-likeness (QED) is 0.819. The van der Waals surface area contributed by atoms with Crippen LogP contribution in [0, 0.1) is 12.8 Å². The number of aliphatic hydroxyl groups is 1. The number of aryl methyl sites for hydroxylation is 1. The van der Waals surface area contributed by atoms with Crippen molar-refractivity contribution in [3.05, 3.63) is 35.4 Å². The number of hydrogen-bond acceptors (Lipinski definition) is 3. The summed E-state index contributed by atoms with van der Waals surface area (Å²) < 4.78 is 0. The van der Waals surface area contributed by atoms with Crippen LogP contribution in [-0.4, -0.2) is 23.0 Å². The molecule has 3 N–H and O–H groups in total. The molecule has 2 atom stereocenters. The van der Waals surface area contributed by atoms with Gasteiger partial charge in [0, 0.05) is 17.0 Å². The standard InChI is InChI=1S/C14H23NOS/c1-10(2)14(15)13(8-16)17-9-12-7-5-4-6-11(12)3/h4-7,10,13-14,16H,8-9,15H2,1-3H3. The van der Waals surface area contributed by atoms with E-state index in [9.17, 15) is 5.11 Å². The molecule has 0 bridgehead atoms. The summed E-state index contributed by atoms with van der Waals surface area (Å²) in [6.45, 7) is 6.46. The van der Waals surface area contributed by atoms with Gasteiger partial charge in [-0.05, 0) is 24.0 Å². The minimum absolute atomic E-state index is 0.0500.